The van der Waals surface area contributed by atoms with Crippen LogP contribution in [0.3, 0.4) is 0 Å². The molecule has 1 fully saturated rings. The van der Waals surface area contributed by atoms with E-state index in [1.165, 1.54) is 0 Å². The van der Waals surface area contributed by atoms with E-state index >= 15 is 0 Å². The van der Waals surface area contributed by atoms with E-state index in [1.54, 1.807) is 0 Å². The fraction of sp³-hybridized carbons (Fsp3) is 0.900. The van der Waals surface area contributed by atoms with Gasteiger partial charge in [0.1, 0.15) is 0 Å². The number of aliphatic hydroxyl groups is 2. The van der Waals surface area contributed by atoms with Crippen LogP contribution in [-0.4, -0.2) is 48.5 Å². The van der Waals surface area contributed by atoms with Crippen LogP contribution in [0.25, 0.3) is 0 Å². The van der Waals surface area contributed by atoms with Crippen molar-refractivity contribution in [2.45, 2.75) is 25.4 Å². The van der Waals surface area contributed by atoms with Crippen molar-refractivity contribution in [1.82, 2.24) is 10.6 Å². The van der Waals surface area contributed by atoms with E-state index in [9.17, 15) is 4.79 Å². The van der Waals surface area contributed by atoms with E-state index in [1.807, 2.05) is 0 Å². The van der Waals surface area contributed by atoms with E-state index in [2.05, 4.69) is 10.6 Å². The van der Waals surface area contributed by atoms with Crippen molar-refractivity contribution in [2.75, 3.05) is 26.2 Å². The second-order valence-electron chi connectivity index (χ2n) is 4.04. The molecule has 1 aliphatic heterocycles. The van der Waals surface area contributed by atoms with E-state index in [-0.39, 0.29) is 19.1 Å². The van der Waals surface area contributed by atoms with E-state index < -0.39 is 6.10 Å². The Morgan fingerprint density at radius 2 is 2.40 bits per heavy atom. The predicted molar refractivity (Wildman–Crippen MR) is 56.3 cm³/mol. The fourth-order valence-electron chi connectivity index (χ4n) is 1.68. The molecule has 1 heterocycles. The summed E-state index contributed by atoms with van der Waals surface area (Å²) in [6, 6.07) is 0. The molecule has 0 aromatic carbocycles. The molecule has 0 aliphatic carbocycles. The van der Waals surface area contributed by atoms with Gasteiger partial charge in [-0.15, -0.1) is 0 Å². The standard InChI is InChI=1S/C10H20N2O3/c13-7-9(14)6-12-10(15)2-1-8-3-4-11-5-8/h8-9,11,13-14H,1-7H2,(H,12,15). The summed E-state index contributed by atoms with van der Waals surface area (Å²) in [5.74, 6) is 0.563. The van der Waals surface area contributed by atoms with Crippen LogP contribution >= 0.6 is 0 Å². The maximum absolute atomic E-state index is 11.3. The largest absolute Gasteiger partial charge is 0.394 e. The Labute approximate surface area is 89.9 Å². The van der Waals surface area contributed by atoms with Crippen LogP contribution < -0.4 is 10.6 Å². The first kappa shape index (κ1) is 12.4. The highest BCUT2D eigenvalue weighted by molar-refractivity contribution is 5.75. The first-order valence-corrected chi connectivity index (χ1v) is 5.48. The van der Waals surface area contributed by atoms with Crippen LogP contribution in [0.2, 0.25) is 0 Å². The topological polar surface area (TPSA) is 81.6 Å². The molecule has 5 nitrogen and oxygen atoms in total. The molecule has 1 aliphatic rings. The molecule has 1 rings (SSSR count). The highest BCUT2D eigenvalue weighted by Gasteiger charge is 2.15. The second-order valence-corrected chi connectivity index (χ2v) is 4.04. The lowest BCUT2D eigenvalue weighted by molar-refractivity contribution is -0.121. The monoisotopic (exact) mass is 216 g/mol. The average Bonchev–Trinajstić information content (AvgIpc) is 2.75. The summed E-state index contributed by atoms with van der Waals surface area (Å²) in [6.07, 6.45) is 1.70. The summed E-state index contributed by atoms with van der Waals surface area (Å²) in [6.45, 7) is 1.88. The molecular weight excluding hydrogens is 196 g/mol. The first-order chi connectivity index (χ1) is 7.22. The van der Waals surface area contributed by atoms with Crippen molar-refractivity contribution in [3.05, 3.63) is 0 Å². The van der Waals surface area contributed by atoms with Crippen LogP contribution in [0.4, 0.5) is 0 Å². The summed E-state index contributed by atoms with van der Waals surface area (Å²) in [7, 11) is 0. The second kappa shape index (κ2) is 6.76. The molecule has 0 bridgehead atoms. The van der Waals surface area contributed by atoms with Crippen molar-refractivity contribution < 1.29 is 15.0 Å². The molecule has 0 aromatic heterocycles. The quantitative estimate of drug-likeness (QED) is 0.452. The number of amides is 1. The maximum atomic E-state index is 11.3. The van der Waals surface area contributed by atoms with Gasteiger partial charge in [0.25, 0.3) is 0 Å². The number of carbonyl (C=O) groups is 1. The summed E-state index contributed by atoms with van der Waals surface area (Å²) < 4.78 is 0. The summed E-state index contributed by atoms with van der Waals surface area (Å²) in [4.78, 5) is 11.3. The third kappa shape index (κ3) is 5.11. The maximum Gasteiger partial charge on any atom is 0.220 e. The lowest BCUT2D eigenvalue weighted by atomic mass is 10.0. The van der Waals surface area contributed by atoms with Crippen molar-refractivity contribution in [3.8, 4) is 0 Å². The molecule has 5 heteroatoms. The third-order valence-electron chi connectivity index (χ3n) is 2.69. The van der Waals surface area contributed by atoms with Crippen molar-refractivity contribution >= 4 is 5.91 Å². The molecule has 0 aromatic rings. The van der Waals surface area contributed by atoms with Crippen LogP contribution in [0.15, 0.2) is 0 Å². The zero-order valence-electron chi connectivity index (χ0n) is 8.91. The molecule has 2 unspecified atom stereocenters. The Morgan fingerprint density at radius 3 is 3.00 bits per heavy atom. The van der Waals surface area contributed by atoms with Crippen molar-refractivity contribution in [1.29, 1.82) is 0 Å². The SMILES string of the molecule is O=C(CCC1CCNC1)NCC(O)CO. The molecule has 4 N–H and O–H groups in total. The molecule has 88 valence electrons. The number of hydrogen-bond donors (Lipinski definition) is 4. The van der Waals surface area contributed by atoms with Gasteiger partial charge in [0.15, 0.2) is 0 Å². The van der Waals surface area contributed by atoms with E-state index in [0.29, 0.717) is 12.3 Å². The Bertz CT molecular complexity index is 193. The van der Waals surface area contributed by atoms with Crippen LogP contribution in [0.1, 0.15) is 19.3 Å². The Balaban J connectivity index is 2.02. The highest BCUT2D eigenvalue weighted by Crippen LogP contribution is 2.13. The summed E-state index contributed by atoms with van der Waals surface area (Å²) >= 11 is 0. The summed E-state index contributed by atoms with van der Waals surface area (Å²) in [5.41, 5.74) is 0. The number of hydrogen-bond acceptors (Lipinski definition) is 4. The first-order valence-electron chi connectivity index (χ1n) is 5.48. The zero-order chi connectivity index (χ0) is 11.1. The third-order valence-corrected chi connectivity index (χ3v) is 2.69. The zero-order valence-corrected chi connectivity index (χ0v) is 8.91. The summed E-state index contributed by atoms with van der Waals surface area (Å²) in [5, 5.41) is 23.4. The van der Waals surface area contributed by atoms with Gasteiger partial charge in [-0.1, -0.05) is 0 Å². The van der Waals surface area contributed by atoms with Crippen LogP contribution in [0, 0.1) is 5.92 Å². The number of aliphatic hydroxyl groups excluding tert-OH is 2. The van der Waals surface area contributed by atoms with Crippen molar-refractivity contribution in [2.24, 2.45) is 5.92 Å². The molecule has 0 saturated carbocycles. The van der Waals surface area contributed by atoms with Gasteiger partial charge in [0.2, 0.25) is 5.91 Å². The van der Waals surface area contributed by atoms with Gasteiger partial charge < -0.3 is 20.8 Å². The molecule has 0 radical (unpaired) electrons. The minimum absolute atomic E-state index is 0.0469. The van der Waals surface area contributed by atoms with Gasteiger partial charge in [-0.25, -0.2) is 0 Å². The number of carbonyl (C=O) groups excluding carboxylic acids is 1. The van der Waals surface area contributed by atoms with Gasteiger partial charge in [0.05, 0.1) is 12.7 Å². The van der Waals surface area contributed by atoms with Crippen LogP contribution in [0.5, 0.6) is 0 Å². The minimum atomic E-state index is -0.845. The van der Waals surface area contributed by atoms with E-state index in [4.69, 9.17) is 10.2 Å². The minimum Gasteiger partial charge on any atom is -0.394 e. The van der Waals surface area contributed by atoms with Gasteiger partial charge >= 0.3 is 0 Å². The van der Waals surface area contributed by atoms with Crippen LogP contribution in [-0.2, 0) is 4.79 Å². The Morgan fingerprint density at radius 1 is 1.60 bits per heavy atom. The molecule has 1 amide bonds. The molecule has 1 saturated heterocycles. The Hall–Kier alpha value is -0.650. The molecule has 15 heavy (non-hydrogen) atoms. The number of rotatable bonds is 6. The molecule has 0 spiro atoms. The smallest absolute Gasteiger partial charge is 0.220 e. The predicted octanol–water partition coefficient (Wildman–Crippen LogP) is -1.15. The van der Waals surface area contributed by atoms with Gasteiger partial charge in [-0.05, 0) is 31.8 Å². The van der Waals surface area contributed by atoms with E-state index in [0.717, 1.165) is 25.9 Å². The molecule has 2 atom stereocenters. The normalized spacial score (nSPS) is 22.7. The van der Waals surface area contributed by atoms with Gasteiger partial charge in [0, 0.05) is 13.0 Å². The average molecular weight is 216 g/mol. The van der Waals surface area contributed by atoms with Gasteiger partial charge in [-0.2, -0.15) is 0 Å². The highest BCUT2D eigenvalue weighted by atomic mass is 16.3. The lowest BCUT2D eigenvalue weighted by Crippen LogP contribution is -2.34. The lowest BCUT2D eigenvalue weighted by Gasteiger charge is -2.10. The fourth-order valence-corrected chi connectivity index (χ4v) is 1.68. The van der Waals surface area contributed by atoms with Crippen molar-refractivity contribution in [3.63, 3.8) is 0 Å². The van der Waals surface area contributed by atoms with Gasteiger partial charge in [-0.3, -0.25) is 4.79 Å². The Kier molecular flexibility index (Phi) is 5.60. The molecular formula is C10H20N2O3. The number of nitrogens with one attached hydrogen (secondary N) is 2.